The monoisotopic (exact) mass is 214 g/mol. The summed E-state index contributed by atoms with van der Waals surface area (Å²) in [6.45, 7) is 8.38. The molecular weight excluding hydrogens is 188 g/mol. The van der Waals surface area contributed by atoms with Crippen LogP contribution in [-0.4, -0.2) is 11.0 Å². The average Bonchev–Trinajstić information content (AvgIpc) is 2.19. The number of rotatable bonds is 10. The summed E-state index contributed by atoms with van der Waals surface area (Å²) in [5, 5.41) is 0.858. The van der Waals surface area contributed by atoms with Gasteiger partial charge in [0.1, 0.15) is 0 Å². The average molecular weight is 214 g/mol. The molecule has 0 aromatic rings. The number of hydrogen-bond donors (Lipinski definition) is 0. The minimum atomic E-state index is 0.858. The fourth-order valence-corrected chi connectivity index (χ4v) is 2.55. The lowest BCUT2D eigenvalue weighted by Gasteiger charge is -2.10. The summed E-state index contributed by atoms with van der Waals surface area (Å²) >= 11 is 2.15. The molecule has 0 aliphatic rings. The van der Waals surface area contributed by atoms with E-state index in [0.29, 0.717) is 0 Å². The molecule has 0 saturated heterocycles. The molecule has 0 aliphatic carbocycles. The highest BCUT2D eigenvalue weighted by molar-refractivity contribution is 7.99. The number of hydrogen-bond acceptors (Lipinski definition) is 1. The van der Waals surface area contributed by atoms with Crippen LogP contribution in [0.2, 0.25) is 0 Å². The van der Waals surface area contributed by atoms with Gasteiger partial charge in [0, 0.05) is 5.25 Å². The summed E-state index contributed by atoms with van der Waals surface area (Å²) in [4.78, 5) is 0. The van der Waals surface area contributed by atoms with Crippen LogP contribution in [0.25, 0.3) is 0 Å². The standard InChI is InChI=1S/C13H26S/c1-4-6-8-9-11-13(3)14-12-10-7-5-2/h4,13H,1,5-12H2,2-3H3. The zero-order valence-corrected chi connectivity index (χ0v) is 10.7. The fraction of sp³-hybridized carbons (Fsp3) is 0.846. The van der Waals surface area contributed by atoms with E-state index in [-0.39, 0.29) is 0 Å². The topological polar surface area (TPSA) is 0 Å². The third-order valence-corrected chi connectivity index (χ3v) is 3.75. The Morgan fingerprint density at radius 2 is 2.00 bits per heavy atom. The van der Waals surface area contributed by atoms with E-state index in [1.54, 1.807) is 0 Å². The van der Waals surface area contributed by atoms with Crippen molar-refractivity contribution in [1.29, 1.82) is 0 Å². The molecule has 14 heavy (non-hydrogen) atoms. The molecule has 0 fully saturated rings. The second kappa shape index (κ2) is 11.2. The Balaban J connectivity index is 3.10. The van der Waals surface area contributed by atoms with Gasteiger partial charge in [0.15, 0.2) is 0 Å². The number of thioether (sulfide) groups is 1. The predicted octanol–water partition coefficient (Wildman–Crippen LogP) is 5.04. The first-order valence-electron chi connectivity index (χ1n) is 6.03. The van der Waals surface area contributed by atoms with Crippen LogP contribution >= 0.6 is 11.8 Å². The van der Waals surface area contributed by atoms with Gasteiger partial charge in [-0.1, -0.05) is 39.2 Å². The molecule has 0 aliphatic heterocycles. The van der Waals surface area contributed by atoms with Crippen LogP contribution in [0.4, 0.5) is 0 Å². The molecule has 0 aromatic carbocycles. The maximum Gasteiger partial charge on any atom is 0.00187 e. The first-order valence-corrected chi connectivity index (χ1v) is 7.08. The minimum Gasteiger partial charge on any atom is -0.159 e. The maximum absolute atomic E-state index is 3.74. The first-order chi connectivity index (χ1) is 6.81. The van der Waals surface area contributed by atoms with Crippen molar-refractivity contribution >= 4 is 11.8 Å². The zero-order chi connectivity index (χ0) is 10.6. The molecule has 84 valence electrons. The van der Waals surface area contributed by atoms with Gasteiger partial charge < -0.3 is 0 Å². The molecule has 0 heterocycles. The Kier molecular flexibility index (Phi) is 11.2. The molecule has 1 heteroatoms. The van der Waals surface area contributed by atoms with E-state index in [1.807, 2.05) is 6.08 Å². The zero-order valence-electron chi connectivity index (χ0n) is 9.93. The summed E-state index contributed by atoms with van der Waals surface area (Å²) in [6.07, 6.45) is 11.4. The molecule has 0 rings (SSSR count). The lowest BCUT2D eigenvalue weighted by molar-refractivity contribution is 0.682. The third kappa shape index (κ3) is 10.2. The van der Waals surface area contributed by atoms with Crippen molar-refractivity contribution in [1.82, 2.24) is 0 Å². The van der Waals surface area contributed by atoms with E-state index in [0.717, 1.165) is 5.25 Å². The smallest absolute Gasteiger partial charge is 0.00187 e. The van der Waals surface area contributed by atoms with E-state index in [4.69, 9.17) is 0 Å². The van der Waals surface area contributed by atoms with Gasteiger partial charge >= 0.3 is 0 Å². The van der Waals surface area contributed by atoms with Gasteiger partial charge in [-0.3, -0.25) is 0 Å². The van der Waals surface area contributed by atoms with Gasteiger partial charge in [0.25, 0.3) is 0 Å². The van der Waals surface area contributed by atoms with Crippen LogP contribution in [0.15, 0.2) is 12.7 Å². The molecule has 0 bridgehead atoms. The van der Waals surface area contributed by atoms with Gasteiger partial charge in [-0.25, -0.2) is 0 Å². The van der Waals surface area contributed by atoms with Crippen LogP contribution in [0.3, 0.4) is 0 Å². The van der Waals surface area contributed by atoms with Crippen LogP contribution in [0.5, 0.6) is 0 Å². The van der Waals surface area contributed by atoms with Gasteiger partial charge in [0.05, 0.1) is 0 Å². The fourth-order valence-electron chi connectivity index (χ4n) is 1.44. The van der Waals surface area contributed by atoms with E-state index in [2.05, 4.69) is 32.2 Å². The third-order valence-electron chi connectivity index (χ3n) is 2.42. The van der Waals surface area contributed by atoms with Gasteiger partial charge in [-0.05, 0) is 31.4 Å². The number of unbranched alkanes of at least 4 members (excludes halogenated alkanes) is 4. The maximum atomic E-state index is 3.74. The predicted molar refractivity (Wildman–Crippen MR) is 70.1 cm³/mol. The van der Waals surface area contributed by atoms with Crippen molar-refractivity contribution in [3.05, 3.63) is 12.7 Å². The molecule has 0 radical (unpaired) electrons. The number of allylic oxidation sites excluding steroid dienone is 1. The molecule has 1 atom stereocenters. The van der Waals surface area contributed by atoms with Crippen molar-refractivity contribution in [3.8, 4) is 0 Å². The van der Waals surface area contributed by atoms with Crippen molar-refractivity contribution in [2.75, 3.05) is 5.75 Å². The molecular formula is C13H26S. The van der Waals surface area contributed by atoms with Crippen LogP contribution in [-0.2, 0) is 0 Å². The highest BCUT2D eigenvalue weighted by Gasteiger charge is 2.01. The summed E-state index contributed by atoms with van der Waals surface area (Å²) < 4.78 is 0. The molecule has 0 saturated carbocycles. The SMILES string of the molecule is C=CCCCCC(C)SCCCCC. The Labute approximate surface area is 94.6 Å². The molecule has 0 spiro atoms. The first kappa shape index (κ1) is 14.1. The van der Waals surface area contributed by atoms with Gasteiger partial charge in [0.2, 0.25) is 0 Å². The van der Waals surface area contributed by atoms with E-state index < -0.39 is 0 Å². The second-order valence-corrected chi connectivity index (χ2v) is 5.51. The summed E-state index contributed by atoms with van der Waals surface area (Å²) in [7, 11) is 0. The molecule has 0 amide bonds. The van der Waals surface area contributed by atoms with E-state index in [1.165, 1.54) is 50.7 Å². The Hall–Kier alpha value is 0.0900. The summed E-state index contributed by atoms with van der Waals surface area (Å²) in [5.41, 5.74) is 0. The van der Waals surface area contributed by atoms with Gasteiger partial charge in [-0.15, -0.1) is 6.58 Å². The van der Waals surface area contributed by atoms with Crippen LogP contribution in [0, 0.1) is 0 Å². The normalized spacial score (nSPS) is 12.7. The largest absolute Gasteiger partial charge is 0.159 e. The quantitative estimate of drug-likeness (QED) is 0.362. The van der Waals surface area contributed by atoms with Crippen molar-refractivity contribution in [3.63, 3.8) is 0 Å². The van der Waals surface area contributed by atoms with Crippen molar-refractivity contribution in [2.24, 2.45) is 0 Å². The summed E-state index contributed by atoms with van der Waals surface area (Å²) in [5.74, 6) is 1.36. The molecule has 0 aromatic heterocycles. The highest BCUT2D eigenvalue weighted by Crippen LogP contribution is 2.18. The van der Waals surface area contributed by atoms with Crippen LogP contribution in [0.1, 0.15) is 58.8 Å². The van der Waals surface area contributed by atoms with Gasteiger partial charge in [-0.2, -0.15) is 11.8 Å². The molecule has 0 N–H and O–H groups in total. The molecule has 1 unspecified atom stereocenters. The Morgan fingerprint density at radius 1 is 1.21 bits per heavy atom. The lowest BCUT2D eigenvalue weighted by atomic mass is 10.1. The van der Waals surface area contributed by atoms with Crippen molar-refractivity contribution < 1.29 is 0 Å². The Morgan fingerprint density at radius 3 is 2.64 bits per heavy atom. The highest BCUT2D eigenvalue weighted by atomic mass is 32.2. The van der Waals surface area contributed by atoms with Crippen molar-refractivity contribution in [2.45, 2.75) is 64.0 Å². The lowest BCUT2D eigenvalue weighted by Crippen LogP contribution is -1.97. The second-order valence-electron chi connectivity index (χ2n) is 3.96. The van der Waals surface area contributed by atoms with Crippen LogP contribution < -0.4 is 0 Å². The minimum absolute atomic E-state index is 0.858. The Bertz CT molecular complexity index is 120. The summed E-state index contributed by atoms with van der Waals surface area (Å²) in [6, 6.07) is 0. The molecule has 0 nitrogen and oxygen atoms in total. The van der Waals surface area contributed by atoms with E-state index in [9.17, 15) is 0 Å². The van der Waals surface area contributed by atoms with E-state index >= 15 is 0 Å².